The van der Waals surface area contributed by atoms with E-state index in [9.17, 15) is 35.7 Å². The van der Waals surface area contributed by atoms with Crippen LogP contribution in [0, 0.1) is 0 Å². The molecule has 162 valence electrons. The number of benzene rings is 2. The molecule has 6 atom stereocenters. The maximum atomic E-state index is 10.5. The van der Waals surface area contributed by atoms with E-state index in [0.717, 1.165) is 0 Å². The molecule has 2 aliphatic heterocycles. The number of ether oxygens (including phenoxy) is 3. The summed E-state index contributed by atoms with van der Waals surface area (Å²) in [6.45, 7) is -0.504. The molecule has 0 bridgehead atoms. The molecule has 1 fully saturated rings. The van der Waals surface area contributed by atoms with E-state index < -0.39 is 43.4 Å². The molecule has 10 nitrogen and oxygen atoms in total. The minimum Gasteiger partial charge on any atom is -0.507 e. The molecule has 0 unspecified atom stereocenters. The summed E-state index contributed by atoms with van der Waals surface area (Å²) in [4.78, 5) is 0. The zero-order chi connectivity index (χ0) is 21.6. The molecule has 1 saturated heterocycles. The maximum Gasteiger partial charge on any atom is 0.229 e. The maximum absolute atomic E-state index is 10.5. The molecule has 2 aromatic rings. The Hall–Kier alpha value is -2.76. The van der Waals surface area contributed by atoms with Gasteiger partial charge in [0.25, 0.3) is 0 Å². The fraction of sp³-hybridized carbons (Fsp3) is 0.400. The molecule has 7 N–H and O–H groups in total. The van der Waals surface area contributed by atoms with Crippen molar-refractivity contribution in [1.82, 2.24) is 0 Å². The molecular weight excluding hydrogens is 400 g/mol. The number of rotatable bonds is 4. The summed E-state index contributed by atoms with van der Waals surface area (Å²) in [6.07, 6.45) is -6.86. The second kappa shape index (κ2) is 7.82. The third-order valence-electron chi connectivity index (χ3n) is 5.25. The number of phenolic OH excluding ortho intramolecular Hbond substituents is 3. The molecule has 4 rings (SSSR count). The van der Waals surface area contributed by atoms with Gasteiger partial charge >= 0.3 is 0 Å². The first-order valence-corrected chi connectivity index (χ1v) is 9.30. The third kappa shape index (κ3) is 3.59. The quantitative estimate of drug-likeness (QED) is 0.324. The Balaban J connectivity index is 1.59. The van der Waals surface area contributed by atoms with Gasteiger partial charge in [0, 0.05) is 24.1 Å². The van der Waals surface area contributed by atoms with Crippen LogP contribution >= 0.6 is 0 Å². The normalized spacial score (nSPS) is 30.5. The molecule has 2 heterocycles. The Morgan fingerprint density at radius 3 is 2.37 bits per heavy atom. The van der Waals surface area contributed by atoms with Gasteiger partial charge in [-0.2, -0.15) is 0 Å². The molecule has 10 heteroatoms. The summed E-state index contributed by atoms with van der Waals surface area (Å²) in [5.74, 6) is -0.598. The minimum absolute atomic E-state index is 0.0571. The number of fused-ring (bicyclic) bond motifs is 1. The van der Waals surface area contributed by atoms with Crippen molar-refractivity contribution in [3.8, 4) is 28.7 Å². The Labute approximate surface area is 170 Å². The van der Waals surface area contributed by atoms with Crippen molar-refractivity contribution in [3.63, 3.8) is 0 Å². The highest BCUT2D eigenvalue weighted by molar-refractivity contribution is 5.52. The van der Waals surface area contributed by atoms with E-state index in [-0.39, 0.29) is 35.2 Å². The average Bonchev–Trinajstić information content (AvgIpc) is 2.98. The zero-order valence-corrected chi connectivity index (χ0v) is 15.6. The lowest BCUT2D eigenvalue weighted by molar-refractivity contribution is -0.116. The van der Waals surface area contributed by atoms with Gasteiger partial charge in [-0.1, -0.05) is 6.07 Å². The highest BCUT2D eigenvalue weighted by Crippen LogP contribution is 2.43. The first-order chi connectivity index (χ1) is 14.3. The Kier molecular flexibility index (Phi) is 5.35. The van der Waals surface area contributed by atoms with E-state index in [0.29, 0.717) is 11.1 Å². The lowest BCUT2D eigenvalue weighted by Crippen LogP contribution is -2.35. The first kappa shape index (κ1) is 20.5. The van der Waals surface area contributed by atoms with Crippen LogP contribution < -0.4 is 9.47 Å². The molecule has 0 spiro atoms. The van der Waals surface area contributed by atoms with Crippen LogP contribution in [0.3, 0.4) is 0 Å². The summed E-state index contributed by atoms with van der Waals surface area (Å²) >= 11 is 0. The molecule has 30 heavy (non-hydrogen) atoms. The number of hydrogen-bond donors (Lipinski definition) is 7. The van der Waals surface area contributed by atoms with Crippen molar-refractivity contribution in [2.45, 2.75) is 43.2 Å². The fourth-order valence-electron chi connectivity index (χ4n) is 3.62. The largest absolute Gasteiger partial charge is 0.507 e. The monoisotopic (exact) mass is 422 g/mol. The second-order valence-corrected chi connectivity index (χ2v) is 7.30. The van der Waals surface area contributed by atoms with Crippen LogP contribution in [-0.4, -0.2) is 73.1 Å². The Morgan fingerprint density at radius 1 is 0.933 bits per heavy atom. The molecule has 0 amide bonds. The van der Waals surface area contributed by atoms with Crippen molar-refractivity contribution in [3.05, 3.63) is 41.5 Å². The van der Waals surface area contributed by atoms with Crippen molar-refractivity contribution < 1.29 is 50.0 Å². The second-order valence-electron chi connectivity index (χ2n) is 7.30. The number of phenols is 3. The highest BCUT2D eigenvalue weighted by Gasteiger charge is 2.44. The molecule has 0 aromatic heterocycles. The van der Waals surface area contributed by atoms with Gasteiger partial charge in [-0.25, -0.2) is 0 Å². The van der Waals surface area contributed by atoms with Crippen molar-refractivity contribution >= 4 is 0 Å². The van der Waals surface area contributed by atoms with Crippen LogP contribution in [0.5, 0.6) is 28.7 Å². The SMILES string of the molecule is OC[C@@H]1O[C@H](Oc2cc(O)c3c(c2)O[C@@H](c2ccc(O)c(O)c2)[C@@H](O)C3)[C@H](O)[C@H]1O. The van der Waals surface area contributed by atoms with Gasteiger partial charge in [0.05, 0.1) is 12.7 Å². The molecule has 2 aromatic carbocycles. The van der Waals surface area contributed by atoms with E-state index in [4.69, 9.17) is 14.2 Å². The van der Waals surface area contributed by atoms with E-state index in [1.165, 1.54) is 30.3 Å². The predicted molar refractivity (Wildman–Crippen MR) is 99.3 cm³/mol. The lowest BCUT2D eigenvalue weighted by atomic mass is 9.94. The van der Waals surface area contributed by atoms with Gasteiger partial charge < -0.3 is 50.0 Å². The Bertz CT molecular complexity index is 932. The zero-order valence-electron chi connectivity index (χ0n) is 15.6. The summed E-state index contributed by atoms with van der Waals surface area (Å²) in [6, 6.07) is 6.73. The van der Waals surface area contributed by atoms with Gasteiger partial charge in [-0.15, -0.1) is 0 Å². The third-order valence-corrected chi connectivity index (χ3v) is 5.25. The summed E-state index contributed by atoms with van der Waals surface area (Å²) in [7, 11) is 0. The number of aliphatic hydroxyl groups excluding tert-OH is 4. The van der Waals surface area contributed by atoms with Gasteiger partial charge in [-0.3, -0.25) is 0 Å². The summed E-state index contributed by atoms with van der Waals surface area (Å²) in [5.41, 5.74) is 0.757. The van der Waals surface area contributed by atoms with E-state index in [2.05, 4.69) is 0 Å². The number of aromatic hydroxyl groups is 3. The smallest absolute Gasteiger partial charge is 0.229 e. The average molecular weight is 422 g/mol. The van der Waals surface area contributed by atoms with Crippen LogP contribution in [0.4, 0.5) is 0 Å². The first-order valence-electron chi connectivity index (χ1n) is 9.30. The van der Waals surface area contributed by atoms with Gasteiger partial charge in [-0.05, 0) is 17.7 Å². The van der Waals surface area contributed by atoms with Crippen molar-refractivity contribution in [1.29, 1.82) is 0 Å². The van der Waals surface area contributed by atoms with E-state index >= 15 is 0 Å². The standard InChI is InChI=1S/C20H22O10/c21-7-16-17(26)18(27)20(30-16)28-9-4-12(23)10-6-14(25)19(29-15(10)5-9)8-1-2-11(22)13(24)3-8/h1-5,14,16-27H,6-7H2/t14-,16-,17-,18+,19-,20-/m0/s1. The molecular formula is C20H22O10. The van der Waals surface area contributed by atoms with Gasteiger partial charge in [0.2, 0.25) is 6.29 Å². The van der Waals surface area contributed by atoms with Gasteiger partial charge in [0.15, 0.2) is 11.5 Å². The van der Waals surface area contributed by atoms with Crippen LogP contribution in [0.15, 0.2) is 30.3 Å². The number of hydrogen-bond acceptors (Lipinski definition) is 10. The Morgan fingerprint density at radius 2 is 1.70 bits per heavy atom. The van der Waals surface area contributed by atoms with Gasteiger partial charge in [0.1, 0.15) is 41.7 Å². The van der Waals surface area contributed by atoms with Crippen LogP contribution in [-0.2, 0) is 11.2 Å². The lowest BCUT2D eigenvalue weighted by Gasteiger charge is -2.32. The minimum atomic E-state index is -1.41. The van der Waals surface area contributed by atoms with Crippen LogP contribution in [0.2, 0.25) is 0 Å². The predicted octanol–water partition coefficient (Wildman–Crippen LogP) is -0.342. The summed E-state index contributed by atoms with van der Waals surface area (Å²) < 4.78 is 16.6. The highest BCUT2D eigenvalue weighted by atomic mass is 16.7. The number of aliphatic hydroxyl groups is 4. The summed E-state index contributed by atoms with van der Waals surface area (Å²) in [5, 5.41) is 69.0. The molecule has 2 aliphatic rings. The molecule has 0 radical (unpaired) electrons. The van der Waals surface area contributed by atoms with Crippen LogP contribution in [0.1, 0.15) is 17.2 Å². The molecule has 0 aliphatic carbocycles. The van der Waals surface area contributed by atoms with E-state index in [1.807, 2.05) is 0 Å². The fourth-order valence-corrected chi connectivity index (χ4v) is 3.62. The van der Waals surface area contributed by atoms with Crippen LogP contribution in [0.25, 0.3) is 0 Å². The van der Waals surface area contributed by atoms with E-state index in [1.54, 1.807) is 0 Å². The van der Waals surface area contributed by atoms with Crippen molar-refractivity contribution in [2.24, 2.45) is 0 Å². The molecule has 0 saturated carbocycles. The van der Waals surface area contributed by atoms with Crippen molar-refractivity contribution in [2.75, 3.05) is 6.61 Å². The topological polar surface area (TPSA) is 169 Å².